The highest BCUT2D eigenvalue weighted by Gasteiger charge is 2.35. The Morgan fingerprint density at radius 2 is 1.94 bits per heavy atom. The summed E-state index contributed by atoms with van der Waals surface area (Å²) >= 11 is 7.15. The molecule has 0 radical (unpaired) electrons. The first kappa shape index (κ1) is 13.2. The van der Waals surface area contributed by atoms with Crippen molar-refractivity contribution < 1.29 is 17.6 Å². The van der Waals surface area contributed by atoms with Gasteiger partial charge in [-0.2, -0.15) is 13.2 Å². The van der Waals surface area contributed by atoms with Gasteiger partial charge in [-0.05, 0) is 24.4 Å². The van der Waals surface area contributed by atoms with E-state index in [0.29, 0.717) is 0 Å². The molecular weight excluding hydrogens is 312 g/mol. The Labute approximate surface area is 102 Å². The number of nitrogens with one attached hydrogen (secondary N) is 1. The monoisotopic (exact) mass is 316 g/mol. The molecule has 88 valence electrons. The van der Waals surface area contributed by atoms with Crippen LogP contribution in [-0.4, -0.2) is 5.11 Å². The highest BCUT2D eigenvalue weighted by Crippen LogP contribution is 2.38. The molecule has 0 unspecified atom stereocenters. The Balaban J connectivity index is 3.38. The Hall–Kier alpha value is -0.890. The molecule has 1 aromatic carbocycles. The number of alkyl halides is 3. The van der Waals surface area contributed by atoms with E-state index >= 15 is 0 Å². The van der Waals surface area contributed by atoms with Gasteiger partial charge in [-0.25, -0.2) is 4.39 Å². The summed E-state index contributed by atoms with van der Waals surface area (Å²) in [7, 11) is 0. The number of rotatable bonds is 1. The molecule has 0 heterocycles. The predicted molar refractivity (Wildman–Crippen MR) is 59.5 cm³/mol. The number of thiocarbonyl (C=S) groups is 1. The third-order valence-corrected chi connectivity index (χ3v) is 2.17. The minimum absolute atomic E-state index is 0.0224. The van der Waals surface area contributed by atoms with Crippen molar-refractivity contribution in [1.29, 1.82) is 0 Å². The summed E-state index contributed by atoms with van der Waals surface area (Å²) in [6.45, 7) is 0. The largest absolute Gasteiger partial charge is 0.418 e. The van der Waals surface area contributed by atoms with Gasteiger partial charge in [0.15, 0.2) is 5.11 Å². The molecule has 1 aromatic rings. The van der Waals surface area contributed by atoms with Crippen LogP contribution < -0.4 is 11.1 Å². The number of hydrogen-bond acceptors (Lipinski definition) is 1. The average Bonchev–Trinajstić information content (AvgIpc) is 2.06. The van der Waals surface area contributed by atoms with E-state index in [1.807, 2.05) is 5.32 Å². The van der Waals surface area contributed by atoms with E-state index in [1.165, 1.54) is 0 Å². The molecule has 0 fully saturated rings. The van der Waals surface area contributed by atoms with Gasteiger partial charge >= 0.3 is 6.18 Å². The predicted octanol–water partition coefficient (Wildman–Crippen LogP) is 3.26. The van der Waals surface area contributed by atoms with Crippen LogP contribution in [0.4, 0.5) is 23.2 Å². The zero-order chi connectivity index (χ0) is 12.5. The normalized spacial score (nSPS) is 11.3. The van der Waals surface area contributed by atoms with Gasteiger partial charge in [-0.3, -0.25) is 0 Å². The number of halogens is 5. The second-order valence-corrected chi connectivity index (χ2v) is 4.15. The Bertz CT molecular complexity index is 433. The second-order valence-electron chi connectivity index (χ2n) is 2.80. The number of benzene rings is 1. The van der Waals surface area contributed by atoms with E-state index in [9.17, 15) is 17.6 Å². The summed E-state index contributed by atoms with van der Waals surface area (Å²) in [5, 5.41) is 1.53. The molecule has 0 aromatic heterocycles. The van der Waals surface area contributed by atoms with Gasteiger partial charge in [0, 0.05) is 4.47 Å². The molecule has 0 saturated heterocycles. The maximum Gasteiger partial charge on any atom is 0.418 e. The van der Waals surface area contributed by atoms with E-state index in [4.69, 9.17) is 5.73 Å². The summed E-state index contributed by atoms with van der Waals surface area (Å²) in [5.74, 6) is -1.09. The van der Waals surface area contributed by atoms with Gasteiger partial charge in [0.25, 0.3) is 0 Å². The van der Waals surface area contributed by atoms with Crippen molar-refractivity contribution in [3.05, 3.63) is 28.0 Å². The highest BCUT2D eigenvalue weighted by atomic mass is 79.9. The summed E-state index contributed by atoms with van der Waals surface area (Å²) in [4.78, 5) is 0. The standard InChI is InChI=1S/C8H5BrF4N2S/c9-3-1-4(8(11,12)13)6(5(10)2-3)15-7(14)16/h1-2H,(H3,14,15,16). The fourth-order valence-electron chi connectivity index (χ4n) is 1.05. The lowest BCUT2D eigenvalue weighted by molar-refractivity contribution is -0.137. The Morgan fingerprint density at radius 3 is 2.38 bits per heavy atom. The van der Waals surface area contributed by atoms with Gasteiger partial charge in [0.05, 0.1) is 11.3 Å². The molecule has 1 rings (SSSR count). The molecule has 0 saturated carbocycles. The molecule has 0 amide bonds. The molecule has 0 spiro atoms. The Morgan fingerprint density at radius 1 is 1.38 bits per heavy atom. The van der Waals surface area contributed by atoms with E-state index in [1.54, 1.807) is 0 Å². The highest BCUT2D eigenvalue weighted by molar-refractivity contribution is 9.10. The minimum Gasteiger partial charge on any atom is -0.376 e. The van der Waals surface area contributed by atoms with Crippen molar-refractivity contribution in [2.24, 2.45) is 5.73 Å². The first-order chi connectivity index (χ1) is 7.21. The lowest BCUT2D eigenvalue weighted by atomic mass is 10.1. The smallest absolute Gasteiger partial charge is 0.376 e. The second kappa shape index (κ2) is 4.54. The Kier molecular flexibility index (Phi) is 3.74. The maximum atomic E-state index is 13.3. The molecule has 2 nitrogen and oxygen atoms in total. The van der Waals surface area contributed by atoms with Crippen molar-refractivity contribution in [1.82, 2.24) is 0 Å². The third-order valence-electron chi connectivity index (χ3n) is 1.61. The molecule has 3 N–H and O–H groups in total. The molecule has 16 heavy (non-hydrogen) atoms. The van der Waals surface area contributed by atoms with Crippen LogP contribution in [0.25, 0.3) is 0 Å². The molecule has 8 heteroatoms. The fraction of sp³-hybridized carbons (Fsp3) is 0.125. The lowest BCUT2D eigenvalue weighted by Gasteiger charge is -2.14. The van der Waals surface area contributed by atoms with E-state index < -0.39 is 28.4 Å². The van der Waals surface area contributed by atoms with Gasteiger partial charge < -0.3 is 11.1 Å². The molecular formula is C8H5BrF4N2S. The van der Waals surface area contributed by atoms with Gasteiger partial charge in [0.2, 0.25) is 0 Å². The van der Waals surface area contributed by atoms with Gasteiger partial charge in [-0.1, -0.05) is 15.9 Å². The minimum atomic E-state index is -4.70. The molecule has 0 bridgehead atoms. The van der Waals surface area contributed by atoms with Crippen molar-refractivity contribution in [3.63, 3.8) is 0 Å². The molecule has 0 aliphatic carbocycles. The fourth-order valence-corrected chi connectivity index (χ4v) is 1.58. The van der Waals surface area contributed by atoms with Crippen LogP contribution in [0, 0.1) is 5.82 Å². The first-order valence-corrected chi connectivity index (χ1v) is 5.04. The van der Waals surface area contributed by atoms with Crippen LogP contribution >= 0.6 is 28.1 Å². The quantitative estimate of drug-likeness (QED) is 0.617. The van der Waals surface area contributed by atoms with Crippen molar-refractivity contribution in [2.45, 2.75) is 6.18 Å². The van der Waals surface area contributed by atoms with Crippen molar-refractivity contribution in [3.8, 4) is 0 Å². The first-order valence-electron chi connectivity index (χ1n) is 3.84. The zero-order valence-electron chi connectivity index (χ0n) is 7.53. The van der Waals surface area contributed by atoms with Crippen LogP contribution in [-0.2, 0) is 6.18 Å². The molecule has 0 aliphatic heterocycles. The van der Waals surface area contributed by atoms with Crippen LogP contribution in [0.2, 0.25) is 0 Å². The average molecular weight is 317 g/mol. The van der Waals surface area contributed by atoms with Crippen molar-refractivity contribution >= 4 is 38.9 Å². The van der Waals surface area contributed by atoms with E-state index in [-0.39, 0.29) is 4.47 Å². The van der Waals surface area contributed by atoms with Crippen LogP contribution in [0.3, 0.4) is 0 Å². The van der Waals surface area contributed by atoms with Crippen LogP contribution in [0.15, 0.2) is 16.6 Å². The SMILES string of the molecule is NC(=S)Nc1c(F)cc(Br)cc1C(F)(F)F. The van der Waals surface area contributed by atoms with Crippen molar-refractivity contribution in [2.75, 3.05) is 5.32 Å². The lowest BCUT2D eigenvalue weighted by Crippen LogP contribution is -2.22. The maximum absolute atomic E-state index is 13.3. The van der Waals surface area contributed by atoms with Gasteiger partial charge in [-0.15, -0.1) is 0 Å². The van der Waals surface area contributed by atoms with E-state index in [0.717, 1.165) is 12.1 Å². The summed E-state index contributed by atoms with van der Waals surface area (Å²) in [6.07, 6.45) is -4.70. The summed E-state index contributed by atoms with van der Waals surface area (Å²) in [5.41, 5.74) is 3.07. The number of anilines is 1. The van der Waals surface area contributed by atoms with Crippen LogP contribution in [0.5, 0.6) is 0 Å². The van der Waals surface area contributed by atoms with Gasteiger partial charge in [0.1, 0.15) is 5.82 Å². The number of nitrogens with two attached hydrogens (primary N) is 1. The zero-order valence-corrected chi connectivity index (χ0v) is 9.93. The van der Waals surface area contributed by atoms with E-state index in [2.05, 4.69) is 28.1 Å². The summed E-state index contributed by atoms with van der Waals surface area (Å²) < 4.78 is 50.9. The topological polar surface area (TPSA) is 38.0 Å². The molecule has 0 aliphatic rings. The number of hydrogen-bond donors (Lipinski definition) is 2. The summed E-state index contributed by atoms with van der Waals surface area (Å²) in [6, 6.07) is 1.62. The third kappa shape index (κ3) is 3.05. The van der Waals surface area contributed by atoms with Crippen LogP contribution in [0.1, 0.15) is 5.56 Å². The molecule has 0 atom stereocenters.